The molecule has 0 radical (unpaired) electrons. The second-order valence-electron chi connectivity index (χ2n) is 4.68. The molecule has 0 spiro atoms. The van der Waals surface area contributed by atoms with Gasteiger partial charge in [0.05, 0.1) is 6.61 Å². The number of nitrogens with one attached hydrogen (secondary N) is 2. The molecule has 0 heterocycles. The maximum Gasteiger partial charge on any atom is 0.312 e. The van der Waals surface area contributed by atoms with E-state index in [1.54, 1.807) is 24.3 Å². The molecule has 110 valence electrons. The lowest BCUT2D eigenvalue weighted by molar-refractivity contribution is -0.119. The van der Waals surface area contributed by atoms with Crippen LogP contribution in [0.4, 0.5) is 10.5 Å². The van der Waals surface area contributed by atoms with Gasteiger partial charge < -0.3 is 21.5 Å². The summed E-state index contributed by atoms with van der Waals surface area (Å²) in [5.41, 5.74) is 6.45. The van der Waals surface area contributed by atoms with Crippen molar-refractivity contribution in [3.05, 3.63) is 29.8 Å². The molecule has 3 amide bonds. The molecule has 0 unspecified atom stereocenters. The van der Waals surface area contributed by atoms with E-state index in [1.807, 2.05) is 6.92 Å². The molecule has 0 saturated heterocycles. The fourth-order valence-corrected chi connectivity index (χ4v) is 1.71. The zero-order chi connectivity index (χ0) is 15.0. The van der Waals surface area contributed by atoms with Gasteiger partial charge >= 0.3 is 6.03 Å². The van der Waals surface area contributed by atoms with Crippen molar-refractivity contribution in [1.29, 1.82) is 0 Å². The van der Waals surface area contributed by atoms with Gasteiger partial charge in [0.25, 0.3) is 0 Å². The summed E-state index contributed by atoms with van der Waals surface area (Å²) in [6.07, 6.45) is 1.36. The van der Waals surface area contributed by atoms with Crippen molar-refractivity contribution in [1.82, 2.24) is 5.32 Å². The maximum absolute atomic E-state index is 11.9. The summed E-state index contributed by atoms with van der Waals surface area (Å²) in [6, 6.07) is 6.48. The SMILES string of the molecule is C[C@@H](CCCNC(N)=O)C(=O)Nc1ccc(CO)cc1. The number of urea groups is 1. The van der Waals surface area contributed by atoms with Gasteiger partial charge in [-0.05, 0) is 30.5 Å². The monoisotopic (exact) mass is 279 g/mol. The van der Waals surface area contributed by atoms with Crippen LogP contribution >= 0.6 is 0 Å². The van der Waals surface area contributed by atoms with E-state index in [1.165, 1.54) is 0 Å². The molecular formula is C14H21N3O3. The predicted molar refractivity (Wildman–Crippen MR) is 77.0 cm³/mol. The molecule has 1 rings (SSSR count). The fourth-order valence-electron chi connectivity index (χ4n) is 1.71. The minimum Gasteiger partial charge on any atom is -0.392 e. The number of carbonyl (C=O) groups excluding carboxylic acids is 2. The van der Waals surface area contributed by atoms with Crippen molar-refractivity contribution < 1.29 is 14.7 Å². The van der Waals surface area contributed by atoms with Crippen molar-refractivity contribution in [3.63, 3.8) is 0 Å². The molecule has 0 aliphatic rings. The smallest absolute Gasteiger partial charge is 0.312 e. The molecule has 6 nitrogen and oxygen atoms in total. The molecule has 0 aliphatic carbocycles. The molecule has 20 heavy (non-hydrogen) atoms. The summed E-state index contributed by atoms with van der Waals surface area (Å²) in [4.78, 5) is 22.4. The number of aliphatic hydroxyl groups is 1. The normalized spacial score (nSPS) is 11.7. The van der Waals surface area contributed by atoms with E-state index in [9.17, 15) is 9.59 Å². The third kappa shape index (κ3) is 5.71. The van der Waals surface area contributed by atoms with E-state index in [0.717, 1.165) is 5.56 Å². The molecule has 0 aromatic heterocycles. The number of hydrogen-bond donors (Lipinski definition) is 4. The highest BCUT2D eigenvalue weighted by molar-refractivity contribution is 5.92. The van der Waals surface area contributed by atoms with Crippen LogP contribution in [0.5, 0.6) is 0 Å². The molecule has 1 atom stereocenters. The Hall–Kier alpha value is -2.08. The third-order valence-electron chi connectivity index (χ3n) is 2.96. The lowest BCUT2D eigenvalue weighted by atomic mass is 10.0. The van der Waals surface area contributed by atoms with Crippen LogP contribution in [0.3, 0.4) is 0 Å². The average Bonchev–Trinajstić information content (AvgIpc) is 2.44. The molecular weight excluding hydrogens is 258 g/mol. The summed E-state index contributed by atoms with van der Waals surface area (Å²) in [5, 5.41) is 14.2. The van der Waals surface area contributed by atoms with Gasteiger partial charge in [0.2, 0.25) is 5.91 Å². The van der Waals surface area contributed by atoms with Crippen LogP contribution in [0, 0.1) is 5.92 Å². The Bertz CT molecular complexity index is 445. The Kier molecular flexibility index (Phi) is 6.52. The van der Waals surface area contributed by atoms with Gasteiger partial charge in [-0.1, -0.05) is 19.1 Å². The molecule has 1 aromatic carbocycles. The van der Waals surface area contributed by atoms with Crippen molar-refractivity contribution in [3.8, 4) is 0 Å². The number of amides is 3. The minimum absolute atomic E-state index is 0.0164. The summed E-state index contributed by atoms with van der Waals surface area (Å²) >= 11 is 0. The van der Waals surface area contributed by atoms with Crippen molar-refractivity contribution >= 4 is 17.6 Å². The van der Waals surface area contributed by atoms with E-state index in [0.29, 0.717) is 25.1 Å². The van der Waals surface area contributed by atoms with Gasteiger partial charge in [0, 0.05) is 18.2 Å². The number of nitrogens with two attached hydrogens (primary N) is 1. The maximum atomic E-state index is 11.9. The van der Waals surface area contributed by atoms with Crippen LogP contribution < -0.4 is 16.4 Å². The van der Waals surface area contributed by atoms with Crippen LogP contribution in [0.1, 0.15) is 25.3 Å². The van der Waals surface area contributed by atoms with E-state index in [-0.39, 0.29) is 18.4 Å². The zero-order valence-electron chi connectivity index (χ0n) is 11.6. The summed E-state index contributed by atoms with van der Waals surface area (Å²) in [6.45, 7) is 2.29. The van der Waals surface area contributed by atoms with Gasteiger partial charge in [-0.15, -0.1) is 0 Å². The third-order valence-corrected chi connectivity index (χ3v) is 2.96. The highest BCUT2D eigenvalue weighted by Gasteiger charge is 2.12. The Labute approximate surface area is 118 Å². The Morgan fingerprint density at radius 1 is 1.30 bits per heavy atom. The van der Waals surface area contributed by atoms with Crippen LogP contribution in [-0.2, 0) is 11.4 Å². The fraction of sp³-hybridized carbons (Fsp3) is 0.429. The van der Waals surface area contributed by atoms with Crippen molar-refractivity contribution in [2.24, 2.45) is 11.7 Å². The molecule has 0 saturated carbocycles. The Morgan fingerprint density at radius 2 is 1.95 bits per heavy atom. The van der Waals surface area contributed by atoms with Crippen LogP contribution in [-0.4, -0.2) is 23.6 Å². The number of primary amides is 1. The van der Waals surface area contributed by atoms with E-state index in [2.05, 4.69) is 10.6 Å². The quantitative estimate of drug-likeness (QED) is 0.564. The molecule has 6 heteroatoms. The summed E-state index contributed by atoms with van der Waals surface area (Å²) in [7, 11) is 0. The number of hydrogen-bond acceptors (Lipinski definition) is 3. The first-order valence-corrected chi connectivity index (χ1v) is 6.57. The first-order valence-electron chi connectivity index (χ1n) is 6.57. The lowest BCUT2D eigenvalue weighted by Crippen LogP contribution is -2.30. The second kappa shape index (κ2) is 8.16. The second-order valence-corrected chi connectivity index (χ2v) is 4.68. The van der Waals surface area contributed by atoms with Gasteiger partial charge in [-0.25, -0.2) is 4.79 Å². The molecule has 1 aromatic rings. The zero-order valence-corrected chi connectivity index (χ0v) is 11.6. The average molecular weight is 279 g/mol. The predicted octanol–water partition coefficient (Wildman–Crippen LogP) is 1.20. The Balaban J connectivity index is 2.34. The number of carbonyl (C=O) groups is 2. The topological polar surface area (TPSA) is 104 Å². The molecule has 0 bridgehead atoms. The van der Waals surface area contributed by atoms with Crippen molar-refractivity contribution in [2.75, 3.05) is 11.9 Å². The number of aliphatic hydroxyl groups excluding tert-OH is 1. The van der Waals surface area contributed by atoms with Gasteiger partial charge in [0.15, 0.2) is 0 Å². The van der Waals surface area contributed by atoms with E-state index in [4.69, 9.17) is 10.8 Å². The standard InChI is InChI=1S/C14H21N3O3/c1-10(3-2-8-16-14(15)20)13(19)17-12-6-4-11(9-18)5-7-12/h4-7,10,18H,2-3,8-9H2,1H3,(H,17,19)(H3,15,16,20)/t10-/m0/s1. The number of benzene rings is 1. The van der Waals surface area contributed by atoms with Gasteiger partial charge in [0.1, 0.15) is 0 Å². The highest BCUT2D eigenvalue weighted by Crippen LogP contribution is 2.13. The van der Waals surface area contributed by atoms with Crippen molar-refractivity contribution in [2.45, 2.75) is 26.4 Å². The van der Waals surface area contributed by atoms with Gasteiger partial charge in [-0.2, -0.15) is 0 Å². The van der Waals surface area contributed by atoms with Crippen LogP contribution in [0.15, 0.2) is 24.3 Å². The largest absolute Gasteiger partial charge is 0.392 e. The molecule has 0 aliphatic heterocycles. The number of anilines is 1. The van der Waals surface area contributed by atoms with Crippen LogP contribution in [0.25, 0.3) is 0 Å². The molecule has 5 N–H and O–H groups in total. The summed E-state index contributed by atoms with van der Waals surface area (Å²) < 4.78 is 0. The van der Waals surface area contributed by atoms with Gasteiger partial charge in [-0.3, -0.25) is 4.79 Å². The lowest BCUT2D eigenvalue weighted by Gasteiger charge is -2.12. The van der Waals surface area contributed by atoms with Crippen LogP contribution in [0.2, 0.25) is 0 Å². The summed E-state index contributed by atoms with van der Waals surface area (Å²) in [5.74, 6) is -0.219. The highest BCUT2D eigenvalue weighted by atomic mass is 16.3. The van der Waals surface area contributed by atoms with E-state index >= 15 is 0 Å². The Morgan fingerprint density at radius 3 is 2.50 bits per heavy atom. The molecule has 0 fully saturated rings. The number of rotatable bonds is 7. The minimum atomic E-state index is -0.550. The first kappa shape index (κ1) is 16.0. The first-order chi connectivity index (χ1) is 9.52. The van der Waals surface area contributed by atoms with E-state index < -0.39 is 6.03 Å².